The van der Waals surface area contributed by atoms with E-state index in [9.17, 15) is 23.3 Å². The monoisotopic (exact) mass is 540 g/mol. The number of rotatable bonds is 11. The Bertz CT molecular complexity index is 1460. The van der Waals surface area contributed by atoms with E-state index < -0.39 is 21.9 Å². The Labute approximate surface area is 222 Å². The lowest BCUT2D eigenvalue weighted by Crippen LogP contribution is -2.33. The lowest BCUT2D eigenvalue weighted by atomic mass is 9.92. The smallest absolute Gasteiger partial charge is 0.304 e. The summed E-state index contributed by atoms with van der Waals surface area (Å²) in [7, 11) is -2.21. The number of carbonyl (C=O) groups is 2. The summed E-state index contributed by atoms with van der Waals surface area (Å²) in [4.78, 5) is 28.7. The molecule has 0 radical (unpaired) electrons. The Kier molecular flexibility index (Phi) is 7.92. The lowest BCUT2D eigenvalue weighted by molar-refractivity contribution is -0.137. The van der Waals surface area contributed by atoms with Gasteiger partial charge in [-0.1, -0.05) is 23.8 Å². The van der Waals surface area contributed by atoms with Gasteiger partial charge in [-0.25, -0.2) is 8.42 Å². The molecule has 2 unspecified atom stereocenters. The van der Waals surface area contributed by atoms with Gasteiger partial charge in [0.15, 0.2) is 0 Å². The summed E-state index contributed by atoms with van der Waals surface area (Å²) >= 11 is 0. The molecule has 0 bridgehead atoms. The van der Waals surface area contributed by atoms with Crippen LogP contribution in [-0.2, 0) is 14.8 Å². The van der Waals surface area contributed by atoms with Crippen LogP contribution in [0.2, 0.25) is 0 Å². The molecule has 2 heterocycles. The highest BCUT2D eigenvalue weighted by Gasteiger charge is 2.35. The van der Waals surface area contributed by atoms with E-state index in [2.05, 4.69) is 16.4 Å². The van der Waals surface area contributed by atoms with Crippen molar-refractivity contribution in [2.75, 3.05) is 24.2 Å². The number of nitrogens with one attached hydrogen (secondary N) is 1. The highest BCUT2D eigenvalue weighted by molar-refractivity contribution is 7.92. The number of anilines is 1. The number of hydrogen-bond donors (Lipinski definition) is 2. The van der Waals surface area contributed by atoms with Crippen LogP contribution in [0.15, 0.2) is 34.3 Å². The third-order valence-corrected chi connectivity index (χ3v) is 8.12. The van der Waals surface area contributed by atoms with Crippen molar-refractivity contribution in [3.8, 4) is 6.07 Å². The maximum atomic E-state index is 13.0. The fourth-order valence-corrected chi connectivity index (χ4v) is 5.74. The van der Waals surface area contributed by atoms with Crippen LogP contribution in [0, 0.1) is 17.2 Å². The van der Waals surface area contributed by atoms with Gasteiger partial charge in [0.1, 0.15) is 11.6 Å². The first-order chi connectivity index (χ1) is 18.0. The topological polar surface area (TPSA) is 154 Å². The summed E-state index contributed by atoms with van der Waals surface area (Å²) in [6, 6.07) is 3.82. The minimum Gasteiger partial charge on any atom is -0.481 e. The molecule has 2 atom stereocenters. The average Bonchev–Trinajstić information content (AvgIpc) is 3.64. The molecule has 2 aromatic rings. The number of aromatic nitrogens is 1. The van der Waals surface area contributed by atoms with Crippen molar-refractivity contribution in [1.82, 2.24) is 10.3 Å². The van der Waals surface area contributed by atoms with Gasteiger partial charge < -0.3 is 14.8 Å². The Morgan fingerprint density at radius 3 is 2.66 bits per heavy atom. The van der Waals surface area contributed by atoms with Crippen molar-refractivity contribution in [1.29, 1.82) is 5.26 Å². The number of aliphatic carboxylic acids is 1. The number of amides is 1. The minimum atomic E-state index is -3.76. The van der Waals surface area contributed by atoms with E-state index in [0.29, 0.717) is 23.1 Å². The van der Waals surface area contributed by atoms with Crippen molar-refractivity contribution < 1.29 is 27.5 Å². The second kappa shape index (κ2) is 11.0. The van der Waals surface area contributed by atoms with Crippen molar-refractivity contribution in [3.63, 3.8) is 0 Å². The predicted octanol–water partition coefficient (Wildman–Crippen LogP) is 4.22. The molecule has 2 N–H and O–H groups in total. The zero-order valence-electron chi connectivity index (χ0n) is 21.7. The fraction of sp³-hybridized carbons (Fsp3) is 0.481. The molecule has 4 rings (SSSR count). The van der Waals surface area contributed by atoms with Crippen LogP contribution in [-0.4, -0.2) is 50.2 Å². The van der Waals surface area contributed by atoms with Crippen LogP contribution >= 0.6 is 0 Å². The molecule has 0 aliphatic heterocycles. The van der Waals surface area contributed by atoms with Gasteiger partial charge in [-0.3, -0.25) is 13.9 Å². The maximum absolute atomic E-state index is 13.0. The van der Waals surface area contributed by atoms with Gasteiger partial charge in [0, 0.05) is 19.5 Å². The largest absolute Gasteiger partial charge is 0.481 e. The van der Waals surface area contributed by atoms with Gasteiger partial charge in [0.25, 0.3) is 5.91 Å². The molecule has 202 valence electrons. The van der Waals surface area contributed by atoms with E-state index in [0.717, 1.165) is 30.2 Å². The Morgan fingerprint density at radius 2 is 2.11 bits per heavy atom. The van der Waals surface area contributed by atoms with E-state index in [-0.39, 0.29) is 55.1 Å². The van der Waals surface area contributed by atoms with Crippen LogP contribution in [0.25, 0.3) is 11.1 Å². The summed E-state index contributed by atoms with van der Waals surface area (Å²) < 4.78 is 33.2. The normalized spacial score (nSPS) is 18.1. The average molecular weight is 541 g/mol. The molecule has 0 aromatic carbocycles. The number of furan rings is 1. The van der Waals surface area contributed by atoms with Crippen molar-refractivity contribution in [2.45, 2.75) is 57.3 Å². The standard InChI is InChI=1S/C27H32N4O6S/c1-16-6-8-19(9-7-16)24-23(26(34)29-2)21-14-20(18-10-11-18)25(30-27(21)37-24)31(38(3,35)36)12-4-5-17(15-28)13-22(32)33/h6-8,14,17-19H,4-5,9-13H2,1-3H3,(H,29,34)(H,32,33). The molecule has 38 heavy (non-hydrogen) atoms. The van der Waals surface area contributed by atoms with Gasteiger partial charge in [0.05, 0.1) is 35.6 Å². The fourth-order valence-electron chi connectivity index (χ4n) is 4.82. The second-order valence-electron chi connectivity index (χ2n) is 10.00. The Balaban J connectivity index is 1.77. The number of carboxylic acids is 1. The van der Waals surface area contributed by atoms with Crippen LogP contribution < -0.4 is 9.62 Å². The first-order valence-electron chi connectivity index (χ1n) is 12.7. The zero-order valence-corrected chi connectivity index (χ0v) is 22.5. The molecule has 2 aromatic heterocycles. The SMILES string of the molecule is CNC(=O)c1c(C2C=CC(C)=CC2)oc2nc(N(CCCC(C#N)CC(=O)O)S(C)(=O)=O)c(C3CC3)cc12. The summed E-state index contributed by atoms with van der Waals surface area (Å²) in [5.74, 6) is -1.38. The van der Waals surface area contributed by atoms with E-state index in [4.69, 9.17) is 9.52 Å². The third kappa shape index (κ3) is 5.91. The van der Waals surface area contributed by atoms with Gasteiger partial charge >= 0.3 is 5.97 Å². The number of fused-ring (bicyclic) bond motifs is 1. The highest BCUT2D eigenvalue weighted by atomic mass is 32.2. The number of carbonyl (C=O) groups excluding carboxylic acids is 1. The number of nitriles is 1. The summed E-state index contributed by atoms with van der Waals surface area (Å²) in [5.41, 5.74) is 2.45. The number of hydrogen-bond acceptors (Lipinski definition) is 7. The molecule has 0 saturated heterocycles. The summed E-state index contributed by atoms with van der Waals surface area (Å²) in [5, 5.41) is 21.5. The van der Waals surface area contributed by atoms with Crippen molar-refractivity contribution >= 4 is 38.8 Å². The van der Waals surface area contributed by atoms with Gasteiger partial charge in [-0.15, -0.1) is 0 Å². The molecule has 2 aliphatic rings. The molecular weight excluding hydrogens is 508 g/mol. The number of carboxylic acid groups (broad SMARTS) is 1. The number of sulfonamides is 1. The number of allylic oxidation sites excluding steroid dienone is 4. The quantitative estimate of drug-likeness (QED) is 0.430. The van der Waals surface area contributed by atoms with Crippen molar-refractivity contribution in [2.24, 2.45) is 5.92 Å². The van der Waals surface area contributed by atoms with Gasteiger partial charge in [0.2, 0.25) is 15.7 Å². The minimum absolute atomic E-state index is 0.0418. The first kappa shape index (κ1) is 27.4. The van der Waals surface area contributed by atoms with Crippen LogP contribution in [0.3, 0.4) is 0 Å². The molecule has 10 nitrogen and oxygen atoms in total. The number of pyridine rings is 1. The van der Waals surface area contributed by atoms with Crippen LogP contribution in [0.1, 0.15) is 79.0 Å². The Morgan fingerprint density at radius 1 is 1.37 bits per heavy atom. The highest BCUT2D eigenvalue weighted by Crippen LogP contribution is 2.47. The van der Waals surface area contributed by atoms with Crippen molar-refractivity contribution in [3.05, 3.63) is 46.8 Å². The number of nitrogens with zero attached hydrogens (tertiary/aromatic N) is 3. The lowest BCUT2D eigenvalue weighted by Gasteiger charge is -2.24. The van der Waals surface area contributed by atoms with Gasteiger partial charge in [-0.2, -0.15) is 10.2 Å². The van der Waals surface area contributed by atoms with E-state index in [1.54, 1.807) is 7.05 Å². The zero-order chi connectivity index (χ0) is 27.6. The first-order valence-corrected chi connectivity index (χ1v) is 14.5. The molecule has 2 aliphatic carbocycles. The Hall–Kier alpha value is -3.65. The molecule has 1 amide bonds. The van der Waals surface area contributed by atoms with E-state index in [1.165, 1.54) is 4.31 Å². The summed E-state index contributed by atoms with van der Waals surface area (Å²) in [6.07, 6.45) is 9.79. The molecule has 0 spiro atoms. The summed E-state index contributed by atoms with van der Waals surface area (Å²) in [6.45, 7) is 2.04. The molecule has 1 fully saturated rings. The van der Waals surface area contributed by atoms with Crippen LogP contribution in [0.4, 0.5) is 5.82 Å². The molecule has 1 saturated carbocycles. The van der Waals surface area contributed by atoms with Crippen LogP contribution in [0.5, 0.6) is 0 Å². The maximum Gasteiger partial charge on any atom is 0.304 e. The predicted molar refractivity (Wildman–Crippen MR) is 142 cm³/mol. The molecule has 11 heteroatoms. The van der Waals surface area contributed by atoms with Gasteiger partial charge in [-0.05, 0) is 56.6 Å². The third-order valence-electron chi connectivity index (χ3n) is 6.97. The second-order valence-corrected chi connectivity index (χ2v) is 11.9. The molecular formula is C27H32N4O6S. The van der Waals surface area contributed by atoms with E-state index >= 15 is 0 Å². The van der Waals surface area contributed by atoms with E-state index in [1.807, 2.05) is 31.2 Å².